The maximum absolute atomic E-state index is 13.2. The molecule has 1 aromatic heterocycles. The fraction of sp³-hybridized carbons (Fsp3) is 0.100. The van der Waals surface area contributed by atoms with Gasteiger partial charge in [-0.15, -0.1) is 0 Å². The second-order valence-corrected chi connectivity index (χ2v) is 6.40. The zero-order chi connectivity index (χ0) is 19.9. The lowest BCUT2D eigenvalue weighted by Crippen LogP contribution is -2.11. The van der Waals surface area contributed by atoms with Gasteiger partial charge in [-0.05, 0) is 36.8 Å². The first-order valence-electron chi connectivity index (χ1n) is 8.41. The number of halogens is 3. The molecule has 0 saturated carbocycles. The van der Waals surface area contributed by atoms with Crippen LogP contribution in [-0.4, -0.2) is 15.5 Å². The highest BCUT2D eigenvalue weighted by atomic mass is 19.4. The van der Waals surface area contributed by atoms with Crippen LogP contribution in [0, 0.1) is 6.92 Å². The summed E-state index contributed by atoms with van der Waals surface area (Å²) in [5, 5.41) is 5.59. The largest absolute Gasteiger partial charge is 0.416 e. The van der Waals surface area contributed by atoms with Crippen molar-refractivity contribution >= 4 is 23.0 Å². The van der Waals surface area contributed by atoms with Crippen molar-refractivity contribution in [2.45, 2.75) is 13.1 Å². The number of hydrogen-bond donors (Lipinski definition) is 2. The lowest BCUT2D eigenvalue weighted by Gasteiger charge is -2.17. The topological polar surface area (TPSA) is 59.0 Å². The Hall–Kier alpha value is -3.55. The maximum atomic E-state index is 13.2. The number of amides is 1. The maximum Gasteiger partial charge on any atom is 0.416 e. The van der Waals surface area contributed by atoms with E-state index in [1.54, 1.807) is 18.7 Å². The molecular formula is C20H15F3N4O. The molecule has 0 unspecified atom stereocenters. The molecular weight excluding hydrogens is 369 g/mol. The molecule has 0 bridgehead atoms. The van der Waals surface area contributed by atoms with Crippen molar-refractivity contribution < 1.29 is 18.0 Å². The van der Waals surface area contributed by atoms with Crippen LogP contribution in [0.2, 0.25) is 0 Å². The summed E-state index contributed by atoms with van der Waals surface area (Å²) >= 11 is 0. The molecule has 0 aliphatic carbocycles. The highest BCUT2D eigenvalue weighted by Gasteiger charge is 2.33. The van der Waals surface area contributed by atoms with Crippen LogP contribution in [0.3, 0.4) is 0 Å². The van der Waals surface area contributed by atoms with Crippen LogP contribution in [0.15, 0.2) is 61.2 Å². The molecule has 0 spiro atoms. The standard InChI is InChI=1S/C20H15F3N4O/c1-12-7-17-18(9-15(12)20(21,22)23)26-19(28)10-16(25-17)13-3-2-4-14(8-13)27-6-5-24-11-27/h2-11,25H,1H3,(H,26,28). The first-order valence-corrected chi connectivity index (χ1v) is 8.41. The molecule has 4 rings (SSSR count). The molecule has 0 atom stereocenters. The van der Waals surface area contributed by atoms with E-state index in [1.807, 2.05) is 28.8 Å². The second kappa shape index (κ2) is 6.56. The Balaban J connectivity index is 1.75. The summed E-state index contributed by atoms with van der Waals surface area (Å²) in [7, 11) is 0. The number of aryl methyl sites for hydroxylation is 1. The smallest absolute Gasteiger partial charge is 0.353 e. The van der Waals surface area contributed by atoms with E-state index >= 15 is 0 Å². The summed E-state index contributed by atoms with van der Waals surface area (Å²) in [5.74, 6) is -0.508. The Morgan fingerprint density at radius 2 is 1.86 bits per heavy atom. The molecule has 0 saturated heterocycles. The monoisotopic (exact) mass is 384 g/mol. The third kappa shape index (κ3) is 3.36. The third-order valence-electron chi connectivity index (χ3n) is 4.43. The Bertz CT molecular complexity index is 1090. The molecule has 28 heavy (non-hydrogen) atoms. The molecule has 2 aromatic carbocycles. The quantitative estimate of drug-likeness (QED) is 0.679. The lowest BCUT2D eigenvalue weighted by atomic mass is 10.1. The second-order valence-electron chi connectivity index (χ2n) is 6.40. The van der Waals surface area contributed by atoms with Crippen LogP contribution in [0.1, 0.15) is 16.7 Å². The molecule has 1 aliphatic heterocycles. The van der Waals surface area contributed by atoms with Crippen molar-refractivity contribution in [2.24, 2.45) is 0 Å². The number of carbonyl (C=O) groups is 1. The van der Waals surface area contributed by atoms with Crippen molar-refractivity contribution in [3.05, 3.63) is 77.9 Å². The van der Waals surface area contributed by atoms with Crippen molar-refractivity contribution in [2.75, 3.05) is 10.6 Å². The predicted molar refractivity (Wildman–Crippen MR) is 100.0 cm³/mol. The van der Waals surface area contributed by atoms with E-state index in [0.717, 1.165) is 11.8 Å². The van der Waals surface area contributed by atoms with E-state index in [9.17, 15) is 18.0 Å². The van der Waals surface area contributed by atoms with Gasteiger partial charge >= 0.3 is 6.18 Å². The van der Waals surface area contributed by atoms with Gasteiger partial charge in [0, 0.05) is 29.7 Å². The van der Waals surface area contributed by atoms with E-state index in [-0.39, 0.29) is 11.3 Å². The van der Waals surface area contributed by atoms with Crippen LogP contribution in [0.5, 0.6) is 0 Å². The van der Waals surface area contributed by atoms with Gasteiger partial charge in [-0.25, -0.2) is 4.98 Å². The van der Waals surface area contributed by atoms with Gasteiger partial charge in [0.15, 0.2) is 0 Å². The van der Waals surface area contributed by atoms with Crippen molar-refractivity contribution in [3.63, 3.8) is 0 Å². The SMILES string of the molecule is Cc1cc2c(cc1C(F)(F)F)NC(=O)C=C(c1cccc(-n3ccnc3)c1)N2. The van der Waals surface area contributed by atoms with Crippen LogP contribution < -0.4 is 10.6 Å². The van der Waals surface area contributed by atoms with Crippen molar-refractivity contribution in [1.82, 2.24) is 9.55 Å². The van der Waals surface area contributed by atoms with E-state index < -0.39 is 17.6 Å². The number of imidazole rings is 1. The van der Waals surface area contributed by atoms with Crippen LogP contribution in [0.4, 0.5) is 24.5 Å². The number of fused-ring (bicyclic) bond motifs is 1. The van der Waals surface area contributed by atoms with Crippen molar-refractivity contribution in [3.8, 4) is 5.69 Å². The Morgan fingerprint density at radius 1 is 1.07 bits per heavy atom. The average Bonchev–Trinajstić information content (AvgIpc) is 3.11. The number of aromatic nitrogens is 2. The van der Waals surface area contributed by atoms with E-state index in [4.69, 9.17) is 0 Å². The highest BCUT2D eigenvalue weighted by Crippen LogP contribution is 2.38. The summed E-state index contributed by atoms with van der Waals surface area (Å²) in [4.78, 5) is 16.3. The number of nitrogens with zero attached hydrogens (tertiary/aromatic N) is 2. The normalized spacial score (nSPS) is 13.9. The molecule has 0 fully saturated rings. The Morgan fingerprint density at radius 3 is 2.57 bits per heavy atom. The van der Waals surface area contributed by atoms with Crippen LogP contribution >= 0.6 is 0 Å². The first-order chi connectivity index (χ1) is 13.3. The van der Waals surface area contributed by atoms with Gasteiger partial charge in [-0.2, -0.15) is 13.2 Å². The number of benzene rings is 2. The van der Waals surface area contributed by atoms with Gasteiger partial charge in [0.1, 0.15) is 0 Å². The molecule has 8 heteroatoms. The fourth-order valence-electron chi connectivity index (χ4n) is 3.10. The van der Waals surface area contributed by atoms with Gasteiger partial charge in [-0.1, -0.05) is 12.1 Å². The van der Waals surface area contributed by atoms with Crippen LogP contribution in [-0.2, 0) is 11.0 Å². The lowest BCUT2D eigenvalue weighted by molar-refractivity contribution is -0.138. The number of nitrogens with one attached hydrogen (secondary N) is 2. The molecule has 3 aromatic rings. The third-order valence-corrected chi connectivity index (χ3v) is 4.43. The minimum atomic E-state index is -4.49. The summed E-state index contributed by atoms with van der Waals surface area (Å²) in [5.41, 5.74) is 1.81. The molecule has 1 aliphatic rings. The van der Waals surface area contributed by atoms with Gasteiger partial charge in [0.2, 0.25) is 0 Å². The minimum absolute atomic E-state index is 0.0708. The van der Waals surface area contributed by atoms with Gasteiger partial charge in [0.05, 0.1) is 29.0 Å². The zero-order valence-corrected chi connectivity index (χ0v) is 14.7. The highest BCUT2D eigenvalue weighted by molar-refractivity contribution is 6.10. The minimum Gasteiger partial charge on any atom is -0.353 e. The Labute approximate surface area is 158 Å². The molecule has 2 N–H and O–H groups in total. The average molecular weight is 384 g/mol. The zero-order valence-electron chi connectivity index (χ0n) is 14.7. The number of alkyl halides is 3. The fourth-order valence-corrected chi connectivity index (χ4v) is 3.10. The van der Waals surface area contributed by atoms with Gasteiger partial charge < -0.3 is 15.2 Å². The van der Waals surface area contributed by atoms with Crippen molar-refractivity contribution in [1.29, 1.82) is 0 Å². The molecule has 2 heterocycles. The number of hydrogen-bond acceptors (Lipinski definition) is 3. The first kappa shape index (κ1) is 17.8. The van der Waals surface area contributed by atoms with E-state index in [0.29, 0.717) is 16.9 Å². The van der Waals surface area contributed by atoms with E-state index in [1.165, 1.54) is 19.1 Å². The molecule has 5 nitrogen and oxygen atoms in total. The molecule has 1 amide bonds. The number of anilines is 2. The number of carbonyl (C=O) groups excluding carboxylic acids is 1. The van der Waals surface area contributed by atoms with Gasteiger partial charge in [-0.3, -0.25) is 4.79 Å². The number of rotatable bonds is 2. The Kier molecular flexibility index (Phi) is 4.18. The van der Waals surface area contributed by atoms with Gasteiger partial charge in [0.25, 0.3) is 5.91 Å². The summed E-state index contributed by atoms with van der Waals surface area (Å²) in [6.07, 6.45) is 1.93. The molecule has 142 valence electrons. The van der Waals surface area contributed by atoms with E-state index in [2.05, 4.69) is 15.6 Å². The summed E-state index contributed by atoms with van der Waals surface area (Å²) < 4.78 is 41.4. The van der Waals surface area contributed by atoms with Crippen LogP contribution in [0.25, 0.3) is 11.4 Å². The summed E-state index contributed by atoms with van der Waals surface area (Å²) in [6, 6.07) is 9.72. The predicted octanol–water partition coefficient (Wildman–Crippen LogP) is 4.60. The molecule has 0 radical (unpaired) electrons. The summed E-state index contributed by atoms with van der Waals surface area (Å²) in [6.45, 7) is 1.39.